The van der Waals surface area contributed by atoms with Crippen molar-refractivity contribution in [1.82, 2.24) is 30.2 Å². The van der Waals surface area contributed by atoms with Crippen molar-refractivity contribution in [2.24, 2.45) is 0 Å². The Morgan fingerprint density at radius 3 is 2.40 bits per heavy atom. The van der Waals surface area contributed by atoms with Crippen LogP contribution in [0.5, 0.6) is 0 Å². The van der Waals surface area contributed by atoms with Crippen molar-refractivity contribution in [2.75, 3.05) is 0 Å². The molecule has 3 aromatic carbocycles. The van der Waals surface area contributed by atoms with Gasteiger partial charge in [-0.05, 0) is 66.6 Å². The van der Waals surface area contributed by atoms with Crippen LogP contribution in [0.3, 0.4) is 0 Å². The van der Waals surface area contributed by atoms with Crippen molar-refractivity contribution in [3.05, 3.63) is 83.7 Å². The molecule has 2 aromatic heterocycles. The van der Waals surface area contributed by atoms with E-state index in [0.29, 0.717) is 29.0 Å². The number of aryl methyl sites for hydroxylation is 1. The fraction of sp³-hybridized carbons (Fsp3) is 0.303. The number of rotatable bonds is 8. The van der Waals surface area contributed by atoms with E-state index >= 15 is 0 Å². The number of aromatic amines is 1. The fourth-order valence-electron chi connectivity index (χ4n) is 5.56. The van der Waals surface area contributed by atoms with Crippen molar-refractivity contribution in [3.8, 4) is 22.5 Å². The second-order valence-electron chi connectivity index (χ2n) is 10.6. The number of carbonyl (C=O) groups is 3. The summed E-state index contributed by atoms with van der Waals surface area (Å²) in [6.07, 6.45) is 2.76. The monoisotopic (exact) mass is 610 g/mol. The van der Waals surface area contributed by atoms with E-state index < -0.39 is 18.4 Å². The van der Waals surface area contributed by atoms with Crippen LogP contribution in [0.1, 0.15) is 60.8 Å². The summed E-state index contributed by atoms with van der Waals surface area (Å²) in [5, 5.41) is 14.5. The van der Waals surface area contributed by atoms with Crippen molar-refractivity contribution in [3.63, 3.8) is 0 Å². The molecule has 2 heterocycles. The average molecular weight is 611 g/mol. The maximum Gasteiger partial charge on any atom is 0.511 e. The van der Waals surface area contributed by atoms with Gasteiger partial charge in [0, 0.05) is 19.0 Å². The summed E-state index contributed by atoms with van der Waals surface area (Å²) in [5.74, 6) is 0.667. The molecule has 1 N–H and O–H groups in total. The molecule has 1 aliphatic rings. The molecule has 0 radical (unpaired) electrons. The Bertz CT molecular complexity index is 1750. The molecule has 232 valence electrons. The lowest BCUT2D eigenvalue weighted by atomic mass is 9.98. The maximum atomic E-state index is 13.3. The Kier molecular flexibility index (Phi) is 9.93. The molecule has 1 saturated carbocycles. The number of imidazole rings is 1. The molecule has 1 unspecified atom stereocenters. The van der Waals surface area contributed by atoms with E-state index in [2.05, 4.69) is 25.6 Å². The molecule has 12 nitrogen and oxygen atoms in total. The van der Waals surface area contributed by atoms with Gasteiger partial charge < -0.3 is 23.6 Å². The maximum absolute atomic E-state index is 13.3. The minimum Gasteiger partial charge on any atom is -0.431 e. The SMILES string of the molecule is C=O.Cc1nc2cccc(C(=O)OC(C)OC(=O)OC3CCCCC3)c2n1Cc1ccc(-c2ccccc2-c2nn[nH]n2)cc1. The highest BCUT2D eigenvalue weighted by molar-refractivity contribution is 6.02. The average Bonchev–Trinajstić information content (AvgIpc) is 3.71. The van der Waals surface area contributed by atoms with Gasteiger partial charge in [0.25, 0.3) is 0 Å². The normalized spacial score (nSPS) is 13.8. The predicted molar refractivity (Wildman–Crippen MR) is 165 cm³/mol. The third-order valence-corrected chi connectivity index (χ3v) is 7.65. The first-order valence-electron chi connectivity index (χ1n) is 14.7. The third-order valence-electron chi connectivity index (χ3n) is 7.65. The lowest BCUT2D eigenvalue weighted by Crippen LogP contribution is -2.26. The van der Waals surface area contributed by atoms with E-state index in [1.54, 1.807) is 12.1 Å². The largest absolute Gasteiger partial charge is 0.511 e. The van der Waals surface area contributed by atoms with Crippen LogP contribution in [0.4, 0.5) is 4.79 Å². The fourth-order valence-corrected chi connectivity index (χ4v) is 5.56. The van der Waals surface area contributed by atoms with Gasteiger partial charge in [0.15, 0.2) is 0 Å². The number of H-pyrrole nitrogens is 1. The molecule has 0 aliphatic heterocycles. The van der Waals surface area contributed by atoms with Crippen LogP contribution >= 0.6 is 0 Å². The summed E-state index contributed by atoms with van der Waals surface area (Å²) < 4.78 is 18.1. The number of fused-ring (bicyclic) bond motifs is 1. The summed E-state index contributed by atoms with van der Waals surface area (Å²) in [5.41, 5.74) is 5.55. The van der Waals surface area contributed by atoms with Gasteiger partial charge in [-0.25, -0.2) is 14.6 Å². The van der Waals surface area contributed by atoms with E-state index in [9.17, 15) is 9.59 Å². The minimum absolute atomic E-state index is 0.149. The van der Waals surface area contributed by atoms with Crippen LogP contribution in [-0.2, 0) is 25.5 Å². The molecule has 5 aromatic rings. The van der Waals surface area contributed by atoms with Gasteiger partial charge in [-0.3, -0.25) is 0 Å². The number of aromatic nitrogens is 6. The molecule has 1 atom stereocenters. The third kappa shape index (κ3) is 7.23. The first-order chi connectivity index (χ1) is 22.0. The first kappa shape index (κ1) is 31.0. The topological polar surface area (TPSA) is 151 Å². The van der Waals surface area contributed by atoms with Gasteiger partial charge in [0.1, 0.15) is 18.7 Å². The molecule has 6 rings (SSSR count). The van der Waals surface area contributed by atoms with Gasteiger partial charge in [0.2, 0.25) is 12.1 Å². The molecular formula is C33H34N6O6. The highest BCUT2D eigenvalue weighted by Gasteiger charge is 2.24. The molecule has 12 heteroatoms. The van der Waals surface area contributed by atoms with Crippen LogP contribution in [-0.4, -0.2) is 61.5 Å². The van der Waals surface area contributed by atoms with Crippen molar-refractivity contribution in [2.45, 2.75) is 64.9 Å². The quantitative estimate of drug-likeness (QED) is 0.162. The number of carbonyl (C=O) groups excluding carboxylic acids is 3. The van der Waals surface area contributed by atoms with Crippen LogP contribution in [0, 0.1) is 6.92 Å². The zero-order valence-electron chi connectivity index (χ0n) is 25.1. The smallest absolute Gasteiger partial charge is 0.431 e. The van der Waals surface area contributed by atoms with E-state index in [-0.39, 0.29) is 6.10 Å². The summed E-state index contributed by atoms with van der Waals surface area (Å²) in [7, 11) is 0. The van der Waals surface area contributed by atoms with Crippen molar-refractivity contribution < 1.29 is 28.6 Å². The lowest BCUT2D eigenvalue weighted by molar-refractivity contribution is -0.0981. The predicted octanol–water partition coefficient (Wildman–Crippen LogP) is 6.04. The van der Waals surface area contributed by atoms with Gasteiger partial charge in [-0.1, -0.05) is 61.0 Å². The highest BCUT2D eigenvalue weighted by Crippen LogP contribution is 2.30. The highest BCUT2D eigenvalue weighted by atomic mass is 16.8. The Balaban J connectivity index is 0.00000196. The lowest BCUT2D eigenvalue weighted by Gasteiger charge is -2.22. The summed E-state index contributed by atoms with van der Waals surface area (Å²) in [6, 6.07) is 21.4. The van der Waals surface area contributed by atoms with Gasteiger partial charge >= 0.3 is 12.1 Å². The number of tetrazole rings is 1. The number of nitrogens with one attached hydrogen (secondary N) is 1. The van der Waals surface area contributed by atoms with Gasteiger partial charge in [0.05, 0.1) is 16.6 Å². The standard InChI is InChI=1S/C32H32N6O5.CH2O/c1-20-33-28-14-8-13-27(31(39)41-21(2)42-32(40)43-24-9-4-3-5-10-24)29(28)38(20)19-22-15-17-23(18-16-22)25-11-6-7-12-26(25)30-34-36-37-35-30;1-2/h6-8,11-18,21,24H,3-5,9-10,19H2,1-2H3,(H,34,35,36,37);1H2. The van der Waals surface area contributed by atoms with Crippen molar-refractivity contribution in [1.29, 1.82) is 0 Å². The van der Waals surface area contributed by atoms with Crippen LogP contribution in [0.15, 0.2) is 66.7 Å². The van der Waals surface area contributed by atoms with E-state index in [1.807, 2.05) is 72.9 Å². The van der Waals surface area contributed by atoms with E-state index in [1.165, 1.54) is 6.92 Å². The molecule has 1 aliphatic carbocycles. The minimum atomic E-state index is -1.11. The molecule has 45 heavy (non-hydrogen) atoms. The Hall–Kier alpha value is -5.39. The van der Waals surface area contributed by atoms with E-state index in [0.717, 1.165) is 60.2 Å². The summed E-state index contributed by atoms with van der Waals surface area (Å²) in [6.45, 7) is 5.89. The number of hydrogen-bond acceptors (Lipinski definition) is 10. The number of esters is 1. The summed E-state index contributed by atoms with van der Waals surface area (Å²) >= 11 is 0. The Morgan fingerprint density at radius 1 is 0.956 bits per heavy atom. The molecule has 0 bridgehead atoms. The van der Waals surface area contributed by atoms with Crippen LogP contribution in [0.2, 0.25) is 0 Å². The summed E-state index contributed by atoms with van der Waals surface area (Å²) in [4.78, 5) is 38.2. The van der Waals surface area contributed by atoms with Gasteiger partial charge in [-0.15, -0.1) is 10.2 Å². The number of hydrogen-bond donors (Lipinski definition) is 1. The van der Waals surface area contributed by atoms with Gasteiger partial charge in [-0.2, -0.15) is 5.21 Å². The number of nitrogens with zero attached hydrogens (tertiary/aromatic N) is 5. The van der Waals surface area contributed by atoms with Crippen molar-refractivity contribution >= 4 is 29.9 Å². The molecule has 0 spiro atoms. The Morgan fingerprint density at radius 2 is 1.69 bits per heavy atom. The number of benzene rings is 3. The Labute approximate surface area is 259 Å². The van der Waals surface area contributed by atoms with Crippen LogP contribution in [0.25, 0.3) is 33.5 Å². The first-order valence-corrected chi connectivity index (χ1v) is 14.7. The molecular weight excluding hydrogens is 576 g/mol. The molecule has 0 amide bonds. The molecule has 0 saturated heterocycles. The second-order valence-corrected chi connectivity index (χ2v) is 10.6. The van der Waals surface area contributed by atoms with E-state index in [4.69, 9.17) is 19.0 Å². The van der Waals surface area contributed by atoms with Crippen LogP contribution < -0.4 is 0 Å². The zero-order chi connectivity index (χ0) is 31.8. The second kappa shape index (κ2) is 14.4. The number of ether oxygens (including phenoxy) is 3. The number of para-hydroxylation sites is 1. The molecule has 1 fully saturated rings. The zero-order valence-corrected chi connectivity index (χ0v) is 25.1.